The molecule has 0 unspecified atom stereocenters. The van der Waals surface area contributed by atoms with Gasteiger partial charge in [0.2, 0.25) is 0 Å². The van der Waals surface area contributed by atoms with Crippen molar-refractivity contribution in [1.82, 2.24) is 0 Å². The average Bonchev–Trinajstić information content (AvgIpc) is 2.37. The van der Waals surface area contributed by atoms with Crippen molar-refractivity contribution in [2.45, 2.75) is 13.8 Å². The van der Waals surface area contributed by atoms with E-state index in [1.165, 1.54) is 0 Å². The summed E-state index contributed by atoms with van der Waals surface area (Å²) in [4.78, 5) is 22.0. The second-order valence-electron chi connectivity index (χ2n) is 4.67. The topological polar surface area (TPSA) is 74.6 Å². The molecule has 0 radical (unpaired) electrons. The molecule has 20 heavy (non-hydrogen) atoms. The number of aryl methyl sites for hydroxylation is 2. The van der Waals surface area contributed by atoms with Crippen LogP contribution in [0.1, 0.15) is 31.8 Å². The van der Waals surface area contributed by atoms with Crippen LogP contribution in [-0.2, 0) is 0 Å². The van der Waals surface area contributed by atoms with Gasteiger partial charge in [-0.25, -0.2) is 9.59 Å². The predicted molar refractivity (Wildman–Crippen MR) is 75.3 cm³/mol. The van der Waals surface area contributed by atoms with Crippen molar-refractivity contribution in [2.75, 3.05) is 0 Å². The zero-order valence-corrected chi connectivity index (χ0v) is 11.2. The van der Waals surface area contributed by atoms with Crippen LogP contribution in [0.3, 0.4) is 0 Å². The molecule has 4 heteroatoms. The lowest BCUT2D eigenvalue weighted by Crippen LogP contribution is -2.00. The first-order valence-electron chi connectivity index (χ1n) is 6.08. The van der Waals surface area contributed by atoms with Crippen molar-refractivity contribution >= 4 is 11.9 Å². The minimum atomic E-state index is -0.952. The third-order valence-electron chi connectivity index (χ3n) is 3.25. The highest BCUT2D eigenvalue weighted by Gasteiger charge is 2.10. The summed E-state index contributed by atoms with van der Waals surface area (Å²) in [5.74, 6) is -1.90. The number of benzene rings is 2. The van der Waals surface area contributed by atoms with Crippen LogP contribution >= 0.6 is 0 Å². The first-order chi connectivity index (χ1) is 9.40. The maximum absolute atomic E-state index is 11.0. The van der Waals surface area contributed by atoms with Crippen molar-refractivity contribution < 1.29 is 19.8 Å². The Hall–Kier alpha value is -2.62. The van der Waals surface area contributed by atoms with E-state index in [0.29, 0.717) is 11.1 Å². The summed E-state index contributed by atoms with van der Waals surface area (Å²) in [6.45, 7) is 3.48. The van der Waals surface area contributed by atoms with Gasteiger partial charge < -0.3 is 10.2 Å². The molecule has 2 aromatic carbocycles. The Kier molecular flexibility index (Phi) is 3.57. The van der Waals surface area contributed by atoms with E-state index < -0.39 is 11.9 Å². The number of carboxylic acid groups (broad SMARTS) is 2. The van der Waals surface area contributed by atoms with Gasteiger partial charge in [-0.05, 0) is 48.2 Å². The number of aromatic carboxylic acids is 2. The number of rotatable bonds is 3. The lowest BCUT2D eigenvalue weighted by atomic mass is 9.97. The number of hydrogen-bond acceptors (Lipinski definition) is 2. The lowest BCUT2D eigenvalue weighted by molar-refractivity contribution is 0.0685. The van der Waals surface area contributed by atoms with Gasteiger partial charge in [-0.1, -0.05) is 24.3 Å². The largest absolute Gasteiger partial charge is 0.478 e. The Balaban J connectivity index is 2.47. The lowest BCUT2D eigenvalue weighted by Gasteiger charge is -2.08. The van der Waals surface area contributed by atoms with Gasteiger partial charge in [-0.2, -0.15) is 0 Å². The molecule has 0 atom stereocenters. The van der Waals surface area contributed by atoms with Crippen LogP contribution < -0.4 is 0 Å². The van der Waals surface area contributed by atoms with E-state index in [9.17, 15) is 9.59 Å². The van der Waals surface area contributed by atoms with Gasteiger partial charge in [0.1, 0.15) is 0 Å². The molecule has 2 N–H and O–H groups in total. The van der Waals surface area contributed by atoms with Crippen LogP contribution in [0.5, 0.6) is 0 Å². The fourth-order valence-electron chi connectivity index (χ4n) is 2.17. The minimum absolute atomic E-state index is 0.271. The number of hydrogen-bond donors (Lipinski definition) is 2. The van der Waals surface area contributed by atoms with E-state index in [2.05, 4.69) is 0 Å². The second-order valence-corrected chi connectivity index (χ2v) is 4.67. The number of carbonyl (C=O) groups is 2. The third kappa shape index (κ3) is 2.54. The first-order valence-corrected chi connectivity index (χ1v) is 6.08. The maximum Gasteiger partial charge on any atom is 0.335 e. The van der Waals surface area contributed by atoms with Gasteiger partial charge >= 0.3 is 11.9 Å². The molecule has 0 aliphatic heterocycles. The standard InChI is InChI=1S/C16H14O4/c1-9-7-11(3-5-13(9)15(17)18)12-4-6-14(16(19)20)10(2)8-12/h3-8H,1-2H3,(H,17,18)(H,19,20). The molecular weight excluding hydrogens is 256 g/mol. The fourth-order valence-corrected chi connectivity index (χ4v) is 2.17. The summed E-state index contributed by atoms with van der Waals surface area (Å²) in [5.41, 5.74) is 3.63. The zero-order chi connectivity index (χ0) is 14.9. The Morgan fingerprint density at radius 1 is 0.750 bits per heavy atom. The quantitative estimate of drug-likeness (QED) is 0.896. The normalized spacial score (nSPS) is 10.3. The Morgan fingerprint density at radius 3 is 1.35 bits per heavy atom. The van der Waals surface area contributed by atoms with E-state index in [-0.39, 0.29) is 11.1 Å². The van der Waals surface area contributed by atoms with Gasteiger partial charge in [0.25, 0.3) is 0 Å². The summed E-state index contributed by atoms with van der Waals surface area (Å²) >= 11 is 0. The molecule has 0 saturated carbocycles. The van der Waals surface area contributed by atoms with E-state index in [1.807, 2.05) is 0 Å². The summed E-state index contributed by atoms with van der Waals surface area (Å²) in [6, 6.07) is 10.2. The van der Waals surface area contributed by atoms with Crippen molar-refractivity contribution in [2.24, 2.45) is 0 Å². The van der Waals surface area contributed by atoms with E-state index >= 15 is 0 Å². The predicted octanol–water partition coefficient (Wildman–Crippen LogP) is 3.37. The Morgan fingerprint density at radius 2 is 1.10 bits per heavy atom. The maximum atomic E-state index is 11.0. The highest BCUT2D eigenvalue weighted by molar-refractivity contribution is 5.91. The highest BCUT2D eigenvalue weighted by Crippen LogP contribution is 2.24. The third-order valence-corrected chi connectivity index (χ3v) is 3.25. The van der Waals surface area contributed by atoms with Crippen molar-refractivity contribution in [3.63, 3.8) is 0 Å². The summed E-state index contributed by atoms with van der Waals surface area (Å²) in [5, 5.41) is 18.0. The van der Waals surface area contributed by atoms with Gasteiger partial charge in [-0.3, -0.25) is 0 Å². The Bertz CT molecular complexity index is 640. The molecule has 0 amide bonds. The molecule has 0 aliphatic carbocycles. The molecular formula is C16H14O4. The smallest absolute Gasteiger partial charge is 0.335 e. The summed E-state index contributed by atoms with van der Waals surface area (Å²) in [6.07, 6.45) is 0. The second kappa shape index (κ2) is 5.17. The van der Waals surface area contributed by atoms with Crippen LogP contribution in [-0.4, -0.2) is 22.2 Å². The van der Waals surface area contributed by atoms with E-state index in [0.717, 1.165) is 11.1 Å². The van der Waals surface area contributed by atoms with Crippen LogP contribution in [0.4, 0.5) is 0 Å². The molecule has 4 nitrogen and oxygen atoms in total. The molecule has 2 rings (SSSR count). The highest BCUT2D eigenvalue weighted by atomic mass is 16.4. The fraction of sp³-hybridized carbons (Fsp3) is 0.125. The molecule has 2 aromatic rings. The van der Waals surface area contributed by atoms with Gasteiger partial charge in [0.05, 0.1) is 11.1 Å². The molecule has 0 spiro atoms. The molecule has 0 saturated heterocycles. The summed E-state index contributed by atoms with van der Waals surface area (Å²) < 4.78 is 0. The van der Waals surface area contributed by atoms with Gasteiger partial charge in [-0.15, -0.1) is 0 Å². The summed E-state index contributed by atoms with van der Waals surface area (Å²) in [7, 11) is 0. The SMILES string of the molecule is Cc1cc(-c2ccc(C(=O)O)c(C)c2)ccc1C(=O)O. The van der Waals surface area contributed by atoms with Crippen LogP contribution in [0, 0.1) is 13.8 Å². The molecule has 0 aromatic heterocycles. The van der Waals surface area contributed by atoms with Gasteiger partial charge in [0.15, 0.2) is 0 Å². The van der Waals surface area contributed by atoms with Crippen LogP contribution in [0.25, 0.3) is 11.1 Å². The minimum Gasteiger partial charge on any atom is -0.478 e. The van der Waals surface area contributed by atoms with Crippen LogP contribution in [0.2, 0.25) is 0 Å². The Labute approximate surface area is 116 Å². The van der Waals surface area contributed by atoms with E-state index in [1.54, 1.807) is 50.2 Å². The molecule has 102 valence electrons. The van der Waals surface area contributed by atoms with Crippen LogP contribution in [0.15, 0.2) is 36.4 Å². The molecule has 0 heterocycles. The van der Waals surface area contributed by atoms with Crippen molar-refractivity contribution in [1.29, 1.82) is 0 Å². The molecule has 0 fully saturated rings. The monoisotopic (exact) mass is 270 g/mol. The molecule has 0 bridgehead atoms. The van der Waals surface area contributed by atoms with Crippen molar-refractivity contribution in [3.8, 4) is 11.1 Å². The zero-order valence-electron chi connectivity index (χ0n) is 11.2. The van der Waals surface area contributed by atoms with E-state index in [4.69, 9.17) is 10.2 Å². The van der Waals surface area contributed by atoms with Crippen molar-refractivity contribution in [3.05, 3.63) is 58.7 Å². The van der Waals surface area contributed by atoms with Gasteiger partial charge in [0, 0.05) is 0 Å². The number of carboxylic acids is 2. The average molecular weight is 270 g/mol. The molecule has 0 aliphatic rings. The first kappa shape index (κ1) is 13.8.